The molecule has 1 amide bonds. The van der Waals surface area contributed by atoms with Crippen molar-refractivity contribution in [1.82, 2.24) is 10.3 Å². The van der Waals surface area contributed by atoms with Crippen LogP contribution in [0.2, 0.25) is 5.02 Å². The Morgan fingerprint density at radius 3 is 2.59 bits per heavy atom. The van der Waals surface area contributed by atoms with Crippen LogP contribution in [0, 0.1) is 0 Å². The zero-order valence-corrected chi connectivity index (χ0v) is 20.8. The molecule has 0 saturated heterocycles. The first-order valence-electron chi connectivity index (χ1n) is 10.7. The van der Waals surface area contributed by atoms with Gasteiger partial charge in [0.2, 0.25) is 0 Å². The standard InChI is InChI=1S/C24H23ClF3N3OS2/c1-3-31(19-13-21(24(26,27)28)30-18-9-4-14(25)12-17(18)19)16-7-5-15(6-8-16)29-23(32)20-10-11-22(33-2)34-20/h3-4,9-13,15-16H,1,5-8H2,2H3,(H,29,32). The molecule has 2 heterocycles. The lowest BCUT2D eigenvalue weighted by Gasteiger charge is -2.37. The monoisotopic (exact) mass is 525 g/mol. The summed E-state index contributed by atoms with van der Waals surface area (Å²) in [6, 6.07) is 9.45. The van der Waals surface area contributed by atoms with Crippen LogP contribution < -0.4 is 10.2 Å². The molecule has 0 bridgehead atoms. The van der Waals surface area contributed by atoms with Crippen molar-refractivity contribution in [3.63, 3.8) is 0 Å². The average Bonchev–Trinajstić information content (AvgIpc) is 3.29. The number of hydrogen-bond acceptors (Lipinski definition) is 5. The van der Waals surface area contributed by atoms with Crippen molar-refractivity contribution >= 4 is 57.2 Å². The Kier molecular flexibility index (Phi) is 7.45. The van der Waals surface area contributed by atoms with Crippen LogP contribution in [0.4, 0.5) is 18.9 Å². The molecule has 1 aliphatic carbocycles. The topological polar surface area (TPSA) is 45.2 Å². The zero-order chi connectivity index (χ0) is 24.5. The molecule has 4 nitrogen and oxygen atoms in total. The summed E-state index contributed by atoms with van der Waals surface area (Å²) >= 11 is 9.21. The van der Waals surface area contributed by atoms with Gasteiger partial charge in [-0.2, -0.15) is 13.2 Å². The fraction of sp³-hybridized carbons (Fsp3) is 0.333. The maximum Gasteiger partial charge on any atom is 0.433 e. The lowest BCUT2D eigenvalue weighted by molar-refractivity contribution is -0.140. The van der Waals surface area contributed by atoms with Gasteiger partial charge in [-0.3, -0.25) is 4.79 Å². The van der Waals surface area contributed by atoms with Crippen LogP contribution in [0.5, 0.6) is 0 Å². The Bertz CT molecular complexity index is 1210. The highest BCUT2D eigenvalue weighted by atomic mass is 35.5. The van der Waals surface area contributed by atoms with E-state index in [1.54, 1.807) is 28.9 Å². The van der Waals surface area contributed by atoms with Crippen LogP contribution >= 0.6 is 34.7 Å². The summed E-state index contributed by atoms with van der Waals surface area (Å²) in [5.74, 6) is -0.0843. The van der Waals surface area contributed by atoms with Crippen molar-refractivity contribution < 1.29 is 18.0 Å². The largest absolute Gasteiger partial charge is 0.433 e. The van der Waals surface area contributed by atoms with Gasteiger partial charge in [-0.1, -0.05) is 18.2 Å². The summed E-state index contributed by atoms with van der Waals surface area (Å²) < 4.78 is 41.7. The van der Waals surface area contributed by atoms with E-state index in [1.165, 1.54) is 23.5 Å². The highest BCUT2D eigenvalue weighted by molar-refractivity contribution is 8.00. The van der Waals surface area contributed by atoms with Gasteiger partial charge in [0.15, 0.2) is 0 Å². The molecule has 1 N–H and O–H groups in total. The summed E-state index contributed by atoms with van der Waals surface area (Å²) in [4.78, 5) is 18.9. The normalized spacial score (nSPS) is 18.6. The van der Waals surface area contributed by atoms with Gasteiger partial charge in [-0.15, -0.1) is 23.1 Å². The second-order valence-corrected chi connectivity index (χ2v) is 10.7. The first-order chi connectivity index (χ1) is 16.2. The van der Waals surface area contributed by atoms with Crippen molar-refractivity contribution in [2.45, 2.75) is 48.2 Å². The van der Waals surface area contributed by atoms with Gasteiger partial charge in [0.25, 0.3) is 5.91 Å². The molecule has 10 heteroatoms. The van der Waals surface area contributed by atoms with E-state index in [0.717, 1.165) is 23.1 Å². The number of nitrogens with zero attached hydrogens (tertiary/aromatic N) is 2. The molecule has 1 saturated carbocycles. The molecule has 1 fully saturated rings. The zero-order valence-electron chi connectivity index (χ0n) is 18.4. The van der Waals surface area contributed by atoms with Crippen molar-refractivity contribution in [3.05, 3.63) is 64.8 Å². The Morgan fingerprint density at radius 2 is 1.97 bits per heavy atom. The number of pyridine rings is 1. The van der Waals surface area contributed by atoms with E-state index in [4.69, 9.17) is 11.6 Å². The first-order valence-corrected chi connectivity index (χ1v) is 13.1. The number of aromatic nitrogens is 1. The second-order valence-electron chi connectivity index (χ2n) is 8.08. The minimum Gasteiger partial charge on any atom is -0.349 e. The maximum absolute atomic E-state index is 13.5. The van der Waals surface area contributed by atoms with E-state index in [2.05, 4.69) is 16.9 Å². The molecule has 0 spiro atoms. The smallest absolute Gasteiger partial charge is 0.349 e. The number of amides is 1. The van der Waals surface area contributed by atoms with Crippen molar-refractivity contribution in [2.75, 3.05) is 11.2 Å². The number of thiophene rings is 1. The van der Waals surface area contributed by atoms with Gasteiger partial charge < -0.3 is 10.2 Å². The lowest BCUT2D eigenvalue weighted by atomic mass is 9.89. The number of carbonyl (C=O) groups excluding carboxylic acids is 1. The maximum atomic E-state index is 13.5. The third-order valence-electron chi connectivity index (χ3n) is 5.95. The van der Waals surface area contributed by atoms with Gasteiger partial charge in [0.1, 0.15) is 5.69 Å². The fourth-order valence-electron chi connectivity index (χ4n) is 4.29. The Balaban J connectivity index is 1.53. The molecular weight excluding hydrogens is 503 g/mol. The number of fused-ring (bicyclic) bond motifs is 1. The van der Waals surface area contributed by atoms with E-state index in [9.17, 15) is 18.0 Å². The van der Waals surface area contributed by atoms with E-state index < -0.39 is 11.9 Å². The number of carbonyl (C=O) groups is 1. The van der Waals surface area contributed by atoms with E-state index in [0.29, 0.717) is 33.8 Å². The number of benzene rings is 1. The van der Waals surface area contributed by atoms with Crippen LogP contribution in [-0.4, -0.2) is 29.2 Å². The molecule has 3 aromatic rings. The molecule has 4 rings (SSSR count). The SMILES string of the molecule is C=CN(c1cc(C(F)(F)F)nc2ccc(Cl)cc12)C1CCC(NC(=O)c2ccc(SC)s2)CC1. The van der Waals surface area contributed by atoms with Gasteiger partial charge >= 0.3 is 6.18 Å². The highest BCUT2D eigenvalue weighted by Gasteiger charge is 2.35. The predicted octanol–water partition coefficient (Wildman–Crippen LogP) is 7.38. The summed E-state index contributed by atoms with van der Waals surface area (Å²) in [5.41, 5.74) is -0.348. The van der Waals surface area contributed by atoms with Crippen molar-refractivity contribution in [2.24, 2.45) is 0 Å². The molecule has 1 aromatic carbocycles. The second kappa shape index (κ2) is 10.2. The number of anilines is 1. The lowest BCUT2D eigenvalue weighted by Crippen LogP contribution is -2.42. The third-order valence-corrected chi connectivity index (χ3v) is 8.35. The number of thioether (sulfide) groups is 1. The average molecular weight is 526 g/mol. The summed E-state index contributed by atoms with van der Waals surface area (Å²) in [6.45, 7) is 3.87. The number of nitrogens with one attached hydrogen (secondary N) is 1. The number of rotatable bonds is 6. The van der Waals surface area contributed by atoms with Gasteiger partial charge in [-0.25, -0.2) is 4.98 Å². The fourth-order valence-corrected chi connectivity index (χ4v) is 5.91. The summed E-state index contributed by atoms with van der Waals surface area (Å²) in [6.07, 6.45) is 1.79. The molecule has 34 heavy (non-hydrogen) atoms. The van der Waals surface area contributed by atoms with Gasteiger partial charge in [-0.05, 0) is 74.5 Å². The third kappa shape index (κ3) is 5.37. The van der Waals surface area contributed by atoms with E-state index in [-0.39, 0.29) is 23.5 Å². The first kappa shape index (κ1) is 24.9. The quantitative estimate of drug-likeness (QED) is 0.341. The van der Waals surface area contributed by atoms with Crippen LogP contribution in [0.15, 0.2) is 53.4 Å². The number of hydrogen-bond donors (Lipinski definition) is 1. The number of alkyl halides is 3. The van der Waals surface area contributed by atoms with Crippen LogP contribution in [0.25, 0.3) is 10.9 Å². The molecular formula is C24H23ClF3N3OS2. The molecule has 2 aromatic heterocycles. The Hall–Kier alpha value is -2.23. The van der Waals surface area contributed by atoms with E-state index >= 15 is 0 Å². The van der Waals surface area contributed by atoms with Gasteiger partial charge in [0, 0.05) is 22.5 Å². The van der Waals surface area contributed by atoms with Crippen LogP contribution in [0.3, 0.4) is 0 Å². The summed E-state index contributed by atoms with van der Waals surface area (Å²) in [5, 5.41) is 4.06. The van der Waals surface area contributed by atoms with Crippen LogP contribution in [-0.2, 0) is 6.18 Å². The minimum absolute atomic E-state index is 0.0182. The van der Waals surface area contributed by atoms with Crippen LogP contribution in [0.1, 0.15) is 41.0 Å². The Labute approximate surface area is 209 Å². The Morgan fingerprint density at radius 1 is 1.24 bits per heavy atom. The molecule has 1 aliphatic rings. The van der Waals surface area contributed by atoms with Gasteiger partial charge in [0.05, 0.1) is 20.3 Å². The molecule has 0 atom stereocenters. The van der Waals surface area contributed by atoms with E-state index in [1.807, 2.05) is 18.4 Å². The molecule has 0 radical (unpaired) electrons. The molecule has 0 unspecified atom stereocenters. The highest BCUT2D eigenvalue weighted by Crippen LogP contribution is 2.38. The molecule has 180 valence electrons. The predicted molar refractivity (Wildman–Crippen MR) is 134 cm³/mol. The molecule has 0 aliphatic heterocycles. The minimum atomic E-state index is -4.57. The van der Waals surface area contributed by atoms with Crippen molar-refractivity contribution in [1.29, 1.82) is 0 Å². The van der Waals surface area contributed by atoms with Crippen molar-refractivity contribution in [3.8, 4) is 0 Å². The number of halogens is 4. The summed E-state index contributed by atoms with van der Waals surface area (Å²) in [7, 11) is 0.